The number of halogens is 1. The van der Waals surface area contributed by atoms with E-state index >= 15 is 0 Å². The van der Waals surface area contributed by atoms with Crippen molar-refractivity contribution in [2.24, 2.45) is 16.3 Å². The molecule has 7 heteroatoms. The van der Waals surface area contributed by atoms with Crippen molar-refractivity contribution in [3.63, 3.8) is 0 Å². The van der Waals surface area contributed by atoms with Crippen molar-refractivity contribution < 1.29 is 9.59 Å². The summed E-state index contributed by atoms with van der Waals surface area (Å²) in [6.07, 6.45) is 6.78. The molecular formula is C18H33IN4O2. The number of nitrogens with zero attached hydrogens (tertiary/aromatic N) is 2. The average molecular weight is 464 g/mol. The molecule has 2 fully saturated rings. The Balaban J connectivity index is 0.00000312. The fourth-order valence-corrected chi connectivity index (χ4v) is 3.82. The maximum absolute atomic E-state index is 11.8. The highest BCUT2D eigenvalue weighted by molar-refractivity contribution is 14.0. The van der Waals surface area contributed by atoms with Crippen LogP contribution in [0.5, 0.6) is 0 Å². The number of likely N-dealkylation sites (tertiary alicyclic amines) is 1. The van der Waals surface area contributed by atoms with Gasteiger partial charge in [-0.1, -0.05) is 20.3 Å². The van der Waals surface area contributed by atoms with Crippen LogP contribution < -0.4 is 10.6 Å². The zero-order chi connectivity index (χ0) is 17.6. The van der Waals surface area contributed by atoms with Crippen LogP contribution >= 0.6 is 24.0 Å². The number of aliphatic imine (C=N–C) groups is 1. The highest BCUT2D eigenvalue weighted by Gasteiger charge is 2.37. The molecule has 0 aromatic carbocycles. The Morgan fingerprint density at radius 3 is 2.28 bits per heavy atom. The van der Waals surface area contributed by atoms with Crippen LogP contribution in [0.2, 0.25) is 0 Å². The second-order valence-electron chi connectivity index (χ2n) is 7.60. The molecule has 0 spiro atoms. The number of carbonyl (C=O) groups excluding carboxylic acids is 2. The summed E-state index contributed by atoms with van der Waals surface area (Å²) in [6, 6.07) is 0. The van der Waals surface area contributed by atoms with Crippen molar-refractivity contribution in [3.8, 4) is 0 Å². The molecule has 1 aliphatic heterocycles. The van der Waals surface area contributed by atoms with Gasteiger partial charge in [-0.05, 0) is 37.0 Å². The number of hydrogen-bond acceptors (Lipinski definition) is 3. The third-order valence-electron chi connectivity index (χ3n) is 5.12. The Labute approximate surface area is 168 Å². The summed E-state index contributed by atoms with van der Waals surface area (Å²) in [5.74, 6) is 1.35. The second-order valence-corrected chi connectivity index (χ2v) is 7.60. The first-order valence-corrected chi connectivity index (χ1v) is 9.23. The number of hydrogen-bond donors (Lipinski definition) is 2. The van der Waals surface area contributed by atoms with Crippen LogP contribution in [0.25, 0.3) is 0 Å². The standard InChI is InChI=1S/C18H32N4O2.HI/c1-14(2)12-18(8-5-9-18)13-21-17(19-3)20-10-11-22-15(23)6-4-7-16(22)24;/h14H,4-13H2,1-3H3,(H2,19,20,21);1H. The van der Waals surface area contributed by atoms with Gasteiger partial charge in [0.25, 0.3) is 0 Å². The molecule has 2 rings (SSSR count). The minimum absolute atomic E-state index is 0. The summed E-state index contributed by atoms with van der Waals surface area (Å²) >= 11 is 0. The van der Waals surface area contributed by atoms with Gasteiger partial charge in [0.1, 0.15) is 0 Å². The monoisotopic (exact) mass is 464 g/mol. The molecule has 1 heterocycles. The van der Waals surface area contributed by atoms with E-state index in [1.807, 2.05) is 0 Å². The lowest BCUT2D eigenvalue weighted by atomic mass is 9.64. The predicted molar refractivity (Wildman–Crippen MR) is 111 cm³/mol. The first-order chi connectivity index (χ1) is 11.5. The number of nitrogens with one attached hydrogen (secondary N) is 2. The molecule has 2 amide bonds. The van der Waals surface area contributed by atoms with Crippen molar-refractivity contribution in [1.29, 1.82) is 0 Å². The van der Waals surface area contributed by atoms with Gasteiger partial charge < -0.3 is 10.6 Å². The number of imide groups is 1. The molecule has 0 aromatic heterocycles. The van der Waals surface area contributed by atoms with Gasteiger partial charge in [-0.2, -0.15) is 0 Å². The number of guanidine groups is 1. The zero-order valence-electron chi connectivity index (χ0n) is 15.8. The van der Waals surface area contributed by atoms with Crippen LogP contribution in [-0.2, 0) is 9.59 Å². The quantitative estimate of drug-likeness (QED) is 0.263. The number of amides is 2. The van der Waals surface area contributed by atoms with Crippen molar-refractivity contribution in [2.45, 2.75) is 58.8 Å². The summed E-state index contributed by atoms with van der Waals surface area (Å²) in [6.45, 7) is 6.44. The third kappa shape index (κ3) is 6.42. The van der Waals surface area contributed by atoms with E-state index in [2.05, 4.69) is 29.5 Å². The molecule has 0 aromatic rings. The molecule has 1 aliphatic carbocycles. The van der Waals surface area contributed by atoms with Crippen molar-refractivity contribution in [2.75, 3.05) is 26.7 Å². The lowest BCUT2D eigenvalue weighted by molar-refractivity contribution is -0.147. The molecule has 25 heavy (non-hydrogen) atoms. The smallest absolute Gasteiger partial charge is 0.229 e. The lowest BCUT2D eigenvalue weighted by Crippen LogP contribution is -2.49. The minimum atomic E-state index is -0.0543. The van der Waals surface area contributed by atoms with Gasteiger partial charge in [-0.15, -0.1) is 24.0 Å². The zero-order valence-corrected chi connectivity index (χ0v) is 18.1. The molecule has 2 aliphatic rings. The largest absolute Gasteiger partial charge is 0.356 e. The number of rotatable bonds is 7. The van der Waals surface area contributed by atoms with E-state index in [1.165, 1.54) is 30.6 Å². The maximum atomic E-state index is 11.8. The van der Waals surface area contributed by atoms with Gasteiger partial charge in [0, 0.05) is 39.5 Å². The first-order valence-electron chi connectivity index (χ1n) is 9.23. The first kappa shape index (κ1) is 22.2. The predicted octanol–water partition coefficient (Wildman–Crippen LogP) is 2.52. The Kier molecular flexibility index (Phi) is 9.16. The van der Waals surface area contributed by atoms with Crippen LogP contribution in [0.3, 0.4) is 0 Å². The van der Waals surface area contributed by atoms with E-state index < -0.39 is 0 Å². The second kappa shape index (κ2) is 10.3. The molecule has 0 unspecified atom stereocenters. The Bertz CT molecular complexity index is 473. The van der Waals surface area contributed by atoms with Crippen molar-refractivity contribution >= 4 is 41.8 Å². The van der Waals surface area contributed by atoms with Gasteiger partial charge in [0.05, 0.1) is 0 Å². The average Bonchev–Trinajstić information content (AvgIpc) is 2.49. The SMILES string of the molecule is CN=C(NCCN1C(=O)CCCC1=O)NCC1(CC(C)C)CCC1.I. The summed E-state index contributed by atoms with van der Waals surface area (Å²) in [7, 11) is 1.75. The molecule has 2 N–H and O–H groups in total. The summed E-state index contributed by atoms with van der Waals surface area (Å²) < 4.78 is 0. The van der Waals surface area contributed by atoms with Crippen LogP contribution in [0.4, 0.5) is 0 Å². The van der Waals surface area contributed by atoms with Gasteiger partial charge in [0.15, 0.2) is 5.96 Å². The van der Waals surface area contributed by atoms with Crippen LogP contribution in [0, 0.1) is 11.3 Å². The van der Waals surface area contributed by atoms with E-state index in [-0.39, 0.29) is 35.8 Å². The van der Waals surface area contributed by atoms with Crippen molar-refractivity contribution in [1.82, 2.24) is 15.5 Å². The maximum Gasteiger partial charge on any atom is 0.229 e. The summed E-state index contributed by atoms with van der Waals surface area (Å²) in [5.41, 5.74) is 0.407. The van der Waals surface area contributed by atoms with Crippen LogP contribution in [-0.4, -0.2) is 49.4 Å². The Morgan fingerprint density at radius 1 is 1.16 bits per heavy atom. The van der Waals surface area contributed by atoms with Gasteiger partial charge >= 0.3 is 0 Å². The van der Waals surface area contributed by atoms with Gasteiger partial charge in [-0.3, -0.25) is 19.5 Å². The molecule has 144 valence electrons. The molecule has 6 nitrogen and oxygen atoms in total. The van der Waals surface area contributed by atoms with Gasteiger partial charge in [0.2, 0.25) is 11.8 Å². The Hall–Kier alpha value is -0.860. The summed E-state index contributed by atoms with van der Waals surface area (Å²) in [4.78, 5) is 29.2. The van der Waals surface area contributed by atoms with E-state index in [4.69, 9.17) is 0 Å². The highest BCUT2D eigenvalue weighted by Crippen LogP contribution is 2.45. The van der Waals surface area contributed by atoms with E-state index in [1.54, 1.807) is 7.05 Å². The topological polar surface area (TPSA) is 73.8 Å². The molecule has 0 bridgehead atoms. The summed E-state index contributed by atoms with van der Waals surface area (Å²) in [5, 5.41) is 6.65. The van der Waals surface area contributed by atoms with Crippen LogP contribution in [0.15, 0.2) is 4.99 Å². The fourth-order valence-electron chi connectivity index (χ4n) is 3.82. The molecular weight excluding hydrogens is 431 g/mol. The van der Waals surface area contributed by atoms with Crippen molar-refractivity contribution in [3.05, 3.63) is 0 Å². The number of carbonyl (C=O) groups is 2. The van der Waals surface area contributed by atoms with Crippen LogP contribution in [0.1, 0.15) is 58.8 Å². The third-order valence-corrected chi connectivity index (χ3v) is 5.12. The van der Waals surface area contributed by atoms with Gasteiger partial charge in [-0.25, -0.2) is 0 Å². The van der Waals surface area contributed by atoms with E-state index in [9.17, 15) is 9.59 Å². The fraction of sp³-hybridized carbons (Fsp3) is 0.833. The number of piperidine rings is 1. The molecule has 1 saturated heterocycles. The lowest BCUT2D eigenvalue weighted by Gasteiger charge is -2.43. The normalized spacial score (nSPS) is 20.2. The molecule has 0 radical (unpaired) electrons. The minimum Gasteiger partial charge on any atom is -0.356 e. The van der Waals surface area contributed by atoms with E-state index in [0.29, 0.717) is 43.7 Å². The molecule has 1 saturated carbocycles. The molecule has 0 atom stereocenters. The highest BCUT2D eigenvalue weighted by atomic mass is 127. The Morgan fingerprint density at radius 2 is 1.80 bits per heavy atom. The van der Waals surface area contributed by atoms with E-state index in [0.717, 1.165) is 12.5 Å².